The molecule has 0 aliphatic rings. The summed E-state index contributed by atoms with van der Waals surface area (Å²) in [6.45, 7) is 4.25. The Balaban J connectivity index is 1.77. The van der Waals surface area contributed by atoms with E-state index in [-0.39, 0.29) is 11.5 Å². The fourth-order valence-corrected chi connectivity index (χ4v) is 4.67. The number of para-hydroxylation sites is 2. The molecule has 7 heteroatoms. The summed E-state index contributed by atoms with van der Waals surface area (Å²) in [5.41, 5.74) is 3.75. The molecular formula is C24H21N5OS. The fourth-order valence-electron chi connectivity index (χ4n) is 3.80. The fraction of sp³-hybridized carbons (Fsp3) is 0.167. The molecule has 2 aromatic carbocycles. The molecule has 5 rings (SSSR count). The Kier molecular flexibility index (Phi) is 5.03. The zero-order valence-electron chi connectivity index (χ0n) is 17.3. The molecule has 5 aromatic rings. The highest BCUT2D eigenvalue weighted by Gasteiger charge is 2.20. The molecule has 0 saturated heterocycles. The number of hydrogen-bond acceptors (Lipinski definition) is 5. The van der Waals surface area contributed by atoms with Crippen molar-refractivity contribution in [3.05, 3.63) is 94.5 Å². The smallest absolute Gasteiger partial charge is 0.267 e. The molecule has 31 heavy (non-hydrogen) atoms. The van der Waals surface area contributed by atoms with E-state index in [0.717, 1.165) is 27.5 Å². The van der Waals surface area contributed by atoms with Crippen LogP contribution in [0, 0.1) is 0 Å². The minimum absolute atomic E-state index is 0.0904. The average molecular weight is 428 g/mol. The lowest BCUT2D eigenvalue weighted by Crippen LogP contribution is -2.23. The van der Waals surface area contributed by atoms with Crippen molar-refractivity contribution in [2.45, 2.75) is 30.7 Å². The molecule has 6 nitrogen and oxygen atoms in total. The number of pyridine rings is 1. The van der Waals surface area contributed by atoms with Gasteiger partial charge in [-0.3, -0.25) is 14.2 Å². The number of rotatable bonds is 5. The second kappa shape index (κ2) is 8.00. The number of fused-ring (bicyclic) bond motifs is 3. The van der Waals surface area contributed by atoms with Gasteiger partial charge in [0.15, 0.2) is 5.16 Å². The van der Waals surface area contributed by atoms with Gasteiger partial charge in [0.1, 0.15) is 0 Å². The molecule has 0 fully saturated rings. The number of thioether (sulfide) groups is 1. The summed E-state index contributed by atoms with van der Waals surface area (Å²) in [6.07, 6.45) is 3.61. The summed E-state index contributed by atoms with van der Waals surface area (Å²) in [5.74, 6) is 1.49. The van der Waals surface area contributed by atoms with Crippen molar-refractivity contribution < 1.29 is 0 Å². The van der Waals surface area contributed by atoms with E-state index in [1.165, 1.54) is 0 Å². The summed E-state index contributed by atoms with van der Waals surface area (Å²) < 4.78 is 3.67. The SMILES string of the molecule is CC(C)c1ccccc1-n1c(=O)c2ccccc2n2c(SCc3cccnc3)nnc12. The van der Waals surface area contributed by atoms with E-state index in [1.807, 2.05) is 65.2 Å². The van der Waals surface area contributed by atoms with Crippen LogP contribution in [-0.4, -0.2) is 24.1 Å². The van der Waals surface area contributed by atoms with Crippen molar-refractivity contribution in [1.82, 2.24) is 24.1 Å². The molecule has 0 N–H and O–H groups in total. The van der Waals surface area contributed by atoms with Crippen molar-refractivity contribution in [1.29, 1.82) is 0 Å². The summed E-state index contributed by atoms with van der Waals surface area (Å²) >= 11 is 1.58. The molecule has 0 aliphatic heterocycles. The third-order valence-corrected chi connectivity index (χ3v) is 6.29. The van der Waals surface area contributed by atoms with Crippen LogP contribution in [0.5, 0.6) is 0 Å². The number of hydrogen-bond donors (Lipinski definition) is 0. The highest BCUT2D eigenvalue weighted by molar-refractivity contribution is 7.98. The molecule has 3 heterocycles. The Morgan fingerprint density at radius 2 is 1.77 bits per heavy atom. The third kappa shape index (κ3) is 3.41. The second-order valence-electron chi connectivity index (χ2n) is 7.64. The third-order valence-electron chi connectivity index (χ3n) is 5.29. The number of aromatic nitrogens is 5. The van der Waals surface area contributed by atoms with Crippen LogP contribution in [0.4, 0.5) is 0 Å². The molecule has 0 atom stereocenters. The molecule has 0 aliphatic carbocycles. The van der Waals surface area contributed by atoms with Crippen molar-refractivity contribution in [2.75, 3.05) is 0 Å². The Hall–Kier alpha value is -3.45. The minimum Gasteiger partial charge on any atom is -0.268 e. The Bertz CT molecular complexity index is 1440. The van der Waals surface area contributed by atoms with Gasteiger partial charge in [0.05, 0.1) is 16.6 Å². The summed E-state index contributed by atoms with van der Waals surface area (Å²) in [7, 11) is 0. The van der Waals surface area contributed by atoms with E-state index >= 15 is 0 Å². The topological polar surface area (TPSA) is 65.1 Å². The van der Waals surface area contributed by atoms with Gasteiger partial charge in [0, 0.05) is 18.1 Å². The second-order valence-corrected chi connectivity index (χ2v) is 8.58. The molecule has 154 valence electrons. The van der Waals surface area contributed by atoms with Crippen molar-refractivity contribution in [2.24, 2.45) is 0 Å². The molecule has 0 unspecified atom stereocenters. The van der Waals surface area contributed by atoms with E-state index in [9.17, 15) is 4.79 Å². The maximum absolute atomic E-state index is 13.6. The van der Waals surface area contributed by atoms with E-state index in [0.29, 0.717) is 16.9 Å². The van der Waals surface area contributed by atoms with Gasteiger partial charge in [-0.1, -0.05) is 62.0 Å². The van der Waals surface area contributed by atoms with Crippen LogP contribution < -0.4 is 5.56 Å². The molecule has 0 bridgehead atoms. The molecule has 3 aromatic heterocycles. The first-order chi connectivity index (χ1) is 15.1. The van der Waals surface area contributed by atoms with Crippen molar-refractivity contribution in [3.8, 4) is 5.69 Å². The predicted molar refractivity (Wildman–Crippen MR) is 124 cm³/mol. The van der Waals surface area contributed by atoms with Crippen LogP contribution in [0.25, 0.3) is 22.4 Å². The van der Waals surface area contributed by atoms with Gasteiger partial charge < -0.3 is 0 Å². The van der Waals surface area contributed by atoms with Crippen LogP contribution in [-0.2, 0) is 5.75 Å². The van der Waals surface area contributed by atoms with Gasteiger partial charge in [-0.2, -0.15) is 0 Å². The van der Waals surface area contributed by atoms with E-state index < -0.39 is 0 Å². The first-order valence-corrected chi connectivity index (χ1v) is 11.1. The lowest BCUT2D eigenvalue weighted by atomic mass is 10.0. The highest BCUT2D eigenvalue weighted by atomic mass is 32.2. The van der Waals surface area contributed by atoms with Gasteiger partial charge in [0.25, 0.3) is 5.56 Å². The molecule has 0 saturated carbocycles. The summed E-state index contributed by atoms with van der Waals surface area (Å²) in [5, 5.41) is 10.3. The maximum atomic E-state index is 13.6. The first kappa shape index (κ1) is 19.5. The number of nitrogens with zero attached hydrogens (tertiary/aromatic N) is 5. The van der Waals surface area contributed by atoms with Gasteiger partial charge >= 0.3 is 0 Å². The van der Waals surface area contributed by atoms with Gasteiger partial charge in [-0.15, -0.1) is 10.2 Å². The monoisotopic (exact) mass is 427 g/mol. The summed E-state index contributed by atoms with van der Waals surface area (Å²) in [6, 6.07) is 19.6. The largest absolute Gasteiger partial charge is 0.268 e. The Labute approximate surface area is 183 Å². The number of benzene rings is 2. The van der Waals surface area contributed by atoms with Crippen molar-refractivity contribution in [3.63, 3.8) is 0 Å². The quantitative estimate of drug-likeness (QED) is 0.375. The predicted octanol–water partition coefficient (Wildman–Crippen LogP) is 4.84. The normalized spacial score (nSPS) is 11.6. The van der Waals surface area contributed by atoms with Gasteiger partial charge in [-0.05, 0) is 41.3 Å². The zero-order chi connectivity index (χ0) is 21.4. The Morgan fingerprint density at radius 1 is 0.968 bits per heavy atom. The lowest BCUT2D eigenvalue weighted by Gasteiger charge is -2.16. The summed E-state index contributed by atoms with van der Waals surface area (Å²) in [4.78, 5) is 17.8. The van der Waals surface area contributed by atoms with E-state index in [4.69, 9.17) is 0 Å². The molecular weight excluding hydrogens is 406 g/mol. The van der Waals surface area contributed by atoms with Crippen LogP contribution >= 0.6 is 11.8 Å². The molecule has 0 spiro atoms. The van der Waals surface area contributed by atoms with E-state index in [2.05, 4.69) is 35.1 Å². The minimum atomic E-state index is -0.0904. The highest BCUT2D eigenvalue weighted by Crippen LogP contribution is 2.28. The lowest BCUT2D eigenvalue weighted by molar-refractivity contribution is 0.837. The van der Waals surface area contributed by atoms with Crippen LogP contribution in [0.2, 0.25) is 0 Å². The first-order valence-electron chi connectivity index (χ1n) is 10.1. The van der Waals surface area contributed by atoms with Gasteiger partial charge in [0.2, 0.25) is 5.78 Å². The van der Waals surface area contributed by atoms with E-state index in [1.54, 1.807) is 22.5 Å². The van der Waals surface area contributed by atoms with Crippen LogP contribution in [0.3, 0.4) is 0 Å². The average Bonchev–Trinajstić information content (AvgIpc) is 3.22. The van der Waals surface area contributed by atoms with Crippen molar-refractivity contribution >= 4 is 28.4 Å². The maximum Gasteiger partial charge on any atom is 0.267 e. The standard InChI is InChI=1S/C24H21N5OS/c1-16(2)18-9-3-5-11-20(18)28-22(30)19-10-4-6-12-21(19)29-23(28)26-27-24(29)31-15-17-8-7-13-25-14-17/h3-14,16H,15H2,1-2H3. The van der Waals surface area contributed by atoms with Crippen LogP contribution in [0.15, 0.2) is 83.0 Å². The van der Waals surface area contributed by atoms with Crippen LogP contribution in [0.1, 0.15) is 30.9 Å². The molecule has 0 radical (unpaired) electrons. The zero-order valence-corrected chi connectivity index (χ0v) is 18.1. The van der Waals surface area contributed by atoms with Gasteiger partial charge in [-0.25, -0.2) is 4.57 Å². The Morgan fingerprint density at radius 3 is 2.58 bits per heavy atom. The molecule has 0 amide bonds.